The minimum Gasteiger partial charge on any atom is -0.366 e. The van der Waals surface area contributed by atoms with E-state index in [1.807, 2.05) is 37.2 Å². The van der Waals surface area contributed by atoms with E-state index in [1.54, 1.807) is 36.7 Å². The lowest BCUT2D eigenvalue weighted by Crippen LogP contribution is -2.10. The third kappa shape index (κ3) is 3.89. The Labute approximate surface area is 145 Å². The van der Waals surface area contributed by atoms with Crippen molar-refractivity contribution in [2.45, 2.75) is 0 Å². The number of rotatable bonds is 5. The molecule has 2 heterocycles. The number of carbonyl (C=O) groups is 1. The number of anilines is 3. The van der Waals surface area contributed by atoms with Crippen LogP contribution in [0.3, 0.4) is 0 Å². The average molecular weight is 334 g/mol. The molecule has 0 aliphatic heterocycles. The summed E-state index contributed by atoms with van der Waals surface area (Å²) >= 11 is 0. The van der Waals surface area contributed by atoms with Crippen molar-refractivity contribution in [1.29, 1.82) is 0 Å². The van der Waals surface area contributed by atoms with Crippen molar-refractivity contribution in [3.8, 4) is 11.3 Å². The topological polar surface area (TPSA) is 97.0 Å². The van der Waals surface area contributed by atoms with E-state index in [1.165, 1.54) is 0 Å². The number of aromatic nitrogens is 3. The highest BCUT2D eigenvalue weighted by atomic mass is 16.1. The van der Waals surface area contributed by atoms with Gasteiger partial charge < -0.3 is 16.0 Å². The van der Waals surface area contributed by atoms with Crippen LogP contribution < -0.4 is 16.0 Å². The number of benzene rings is 1. The first-order valence-electron chi connectivity index (χ1n) is 7.66. The average Bonchev–Trinajstić information content (AvgIpc) is 2.62. The molecule has 3 rings (SSSR count). The highest BCUT2D eigenvalue weighted by Crippen LogP contribution is 2.20. The fraction of sp³-hybridized carbons (Fsp3) is 0.111. The molecule has 25 heavy (non-hydrogen) atoms. The fourth-order valence-electron chi connectivity index (χ4n) is 2.23. The second-order valence-corrected chi connectivity index (χ2v) is 5.63. The van der Waals surface area contributed by atoms with E-state index >= 15 is 0 Å². The van der Waals surface area contributed by atoms with Crippen LogP contribution in [0.1, 0.15) is 10.4 Å². The van der Waals surface area contributed by atoms with Crippen LogP contribution in [0.15, 0.2) is 54.9 Å². The van der Waals surface area contributed by atoms with Crippen LogP contribution >= 0.6 is 0 Å². The highest BCUT2D eigenvalue weighted by Gasteiger charge is 2.05. The maximum Gasteiger partial charge on any atom is 0.248 e. The molecule has 7 nitrogen and oxygen atoms in total. The molecule has 0 spiro atoms. The summed E-state index contributed by atoms with van der Waals surface area (Å²) in [6.45, 7) is 0. The number of pyridine rings is 1. The zero-order valence-electron chi connectivity index (χ0n) is 14.0. The zero-order chi connectivity index (χ0) is 17.8. The molecular weight excluding hydrogens is 316 g/mol. The predicted molar refractivity (Wildman–Crippen MR) is 97.8 cm³/mol. The van der Waals surface area contributed by atoms with Crippen LogP contribution in [0.4, 0.5) is 17.5 Å². The molecule has 2 aromatic heterocycles. The maximum atomic E-state index is 11.1. The van der Waals surface area contributed by atoms with E-state index in [-0.39, 0.29) is 0 Å². The monoisotopic (exact) mass is 334 g/mol. The maximum absolute atomic E-state index is 11.1. The minimum absolute atomic E-state index is 0.451. The lowest BCUT2D eigenvalue weighted by atomic mass is 10.2. The van der Waals surface area contributed by atoms with Crippen LogP contribution in [0, 0.1) is 0 Å². The van der Waals surface area contributed by atoms with E-state index in [9.17, 15) is 4.79 Å². The van der Waals surface area contributed by atoms with Crippen molar-refractivity contribution in [1.82, 2.24) is 15.0 Å². The SMILES string of the molecule is CN(C)c1ccc(-c2ccnc(Nc3ccc(C(N)=O)cc3)n2)cn1. The van der Waals surface area contributed by atoms with Gasteiger partial charge in [-0.3, -0.25) is 4.79 Å². The normalized spacial score (nSPS) is 10.3. The van der Waals surface area contributed by atoms with Crippen molar-refractivity contribution < 1.29 is 4.79 Å². The second kappa shape index (κ2) is 6.96. The molecule has 0 aliphatic rings. The van der Waals surface area contributed by atoms with E-state index in [0.717, 1.165) is 22.8 Å². The summed E-state index contributed by atoms with van der Waals surface area (Å²) in [6.07, 6.45) is 3.46. The zero-order valence-corrected chi connectivity index (χ0v) is 14.0. The lowest BCUT2D eigenvalue weighted by molar-refractivity contribution is 0.100. The van der Waals surface area contributed by atoms with E-state index in [4.69, 9.17) is 5.73 Å². The molecule has 0 atom stereocenters. The van der Waals surface area contributed by atoms with Gasteiger partial charge in [0, 0.05) is 43.3 Å². The number of primary amides is 1. The van der Waals surface area contributed by atoms with Gasteiger partial charge in [0.15, 0.2) is 0 Å². The number of nitrogens with two attached hydrogens (primary N) is 1. The van der Waals surface area contributed by atoms with Gasteiger partial charge in [-0.15, -0.1) is 0 Å². The van der Waals surface area contributed by atoms with Crippen LogP contribution in [0.2, 0.25) is 0 Å². The van der Waals surface area contributed by atoms with Gasteiger partial charge in [0.2, 0.25) is 11.9 Å². The molecule has 7 heteroatoms. The smallest absolute Gasteiger partial charge is 0.248 e. The van der Waals surface area contributed by atoms with Crippen molar-refractivity contribution in [3.63, 3.8) is 0 Å². The van der Waals surface area contributed by atoms with Crippen LogP contribution in [0.25, 0.3) is 11.3 Å². The van der Waals surface area contributed by atoms with Crippen LogP contribution in [0.5, 0.6) is 0 Å². The molecule has 3 aromatic rings. The third-order valence-electron chi connectivity index (χ3n) is 3.58. The molecule has 0 bridgehead atoms. The Morgan fingerprint density at radius 3 is 2.40 bits per heavy atom. The van der Waals surface area contributed by atoms with Gasteiger partial charge in [-0.05, 0) is 42.5 Å². The molecule has 1 amide bonds. The van der Waals surface area contributed by atoms with Gasteiger partial charge in [0.05, 0.1) is 5.69 Å². The Bertz CT molecular complexity index is 875. The molecule has 3 N–H and O–H groups in total. The number of hydrogen-bond acceptors (Lipinski definition) is 6. The summed E-state index contributed by atoms with van der Waals surface area (Å²) in [5, 5.41) is 3.11. The Morgan fingerprint density at radius 1 is 1.04 bits per heavy atom. The van der Waals surface area contributed by atoms with Crippen molar-refractivity contribution in [3.05, 3.63) is 60.4 Å². The standard InChI is InChI=1S/C18H18N6O/c1-24(2)16-8-5-13(11-21-16)15-9-10-20-18(23-15)22-14-6-3-12(4-7-14)17(19)25/h3-11H,1-2H3,(H2,19,25)(H,20,22,23). The Hall–Kier alpha value is -3.48. The summed E-state index contributed by atoms with van der Waals surface area (Å²) in [6, 6.07) is 12.5. The predicted octanol–water partition coefficient (Wildman–Crippen LogP) is 2.45. The number of amides is 1. The molecule has 1 aromatic carbocycles. The summed E-state index contributed by atoms with van der Waals surface area (Å²) in [5.74, 6) is 0.880. The van der Waals surface area contributed by atoms with Crippen LogP contribution in [-0.2, 0) is 0 Å². The Balaban J connectivity index is 1.80. The highest BCUT2D eigenvalue weighted by molar-refractivity contribution is 5.93. The molecule has 0 saturated heterocycles. The third-order valence-corrected chi connectivity index (χ3v) is 3.58. The molecular formula is C18H18N6O. The Kier molecular flexibility index (Phi) is 4.56. The first-order chi connectivity index (χ1) is 12.0. The van der Waals surface area contributed by atoms with Gasteiger partial charge in [-0.25, -0.2) is 15.0 Å². The minimum atomic E-state index is -0.460. The summed E-state index contributed by atoms with van der Waals surface area (Å²) in [5.41, 5.74) is 8.13. The van der Waals surface area contributed by atoms with E-state index in [0.29, 0.717) is 11.5 Å². The van der Waals surface area contributed by atoms with E-state index < -0.39 is 5.91 Å². The second-order valence-electron chi connectivity index (χ2n) is 5.63. The molecule has 126 valence electrons. The first kappa shape index (κ1) is 16.4. The number of carbonyl (C=O) groups excluding carboxylic acids is 1. The first-order valence-corrected chi connectivity index (χ1v) is 7.66. The van der Waals surface area contributed by atoms with Gasteiger partial charge >= 0.3 is 0 Å². The molecule has 0 aliphatic carbocycles. The van der Waals surface area contributed by atoms with Gasteiger partial charge in [-0.2, -0.15) is 0 Å². The van der Waals surface area contributed by atoms with Gasteiger partial charge in [0.25, 0.3) is 0 Å². The summed E-state index contributed by atoms with van der Waals surface area (Å²) in [7, 11) is 3.89. The fourth-order valence-corrected chi connectivity index (χ4v) is 2.23. The number of hydrogen-bond donors (Lipinski definition) is 2. The quantitative estimate of drug-likeness (QED) is 0.744. The Morgan fingerprint density at radius 2 is 1.80 bits per heavy atom. The lowest BCUT2D eigenvalue weighted by Gasteiger charge is -2.11. The molecule has 0 unspecified atom stereocenters. The van der Waals surface area contributed by atoms with Gasteiger partial charge in [0.1, 0.15) is 5.82 Å². The molecule has 0 radical (unpaired) electrons. The molecule has 0 fully saturated rings. The number of nitrogens with one attached hydrogen (secondary N) is 1. The number of nitrogens with zero attached hydrogens (tertiary/aromatic N) is 4. The molecule has 0 saturated carbocycles. The van der Waals surface area contributed by atoms with Crippen molar-refractivity contribution in [2.75, 3.05) is 24.3 Å². The largest absolute Gasteiger partial charge is 0.366 e. The van der Waals surface area contributed by atoms with Gasteiger partial charge in [-0.1, -0.05) is 0 Å². The van der Waals surface area contributed by atoms with Crippen molar-refractivity contribution in [2.24, 2.45) is 5.73 Å². The van der Waals surface area contributed by atoms with Crippen molar-refractivity contribution >= 4 is 23.4 Å². The summed E-state index contributed by atoms with van der Waals surface area (Å²) < 4.78 is 0. The van der Waals surface area contributed by atoms with Crippen LogP contribution in [-0.4, -0.2) is 35.0 Å². The van der Waals surface area contributed by atoms with E-state index in [2.05, 4.69) is 20.3 Å². The summed E-state index contributed by atoms with van der Waals surface area (Å²) in [4.78, 5) is 26.2.